The van der Waals surface area contributed by atoms with Gasteiger partial charge in [0.15, 0.2) is 11.5 Å². The molecule has 1 unspecified atom stereocenters. The minimum absolute atomic E-state index is 0.0287. The second-order valence-corrected chi connectivity index (χ2v) is 10.3. The SMILES string of the molecule is CN1C(N)=NC(C)(c2cc(C=C(F)c3cnc(C#N)cn3)ccc2F)C(C)(C)S1(O)O. The van der Waals surface area contributed by atoms with Crippen LogP contribution in [0.5, 0.6) is 0 Å². The Balaban J connectivity index is 2.11. The second kappa shape index (κ2) is 7.56. The predicted octanol–water partition coefficient (Wildman–Crippen LogP) is 3.87. The molecule has 0 bridgehead atoms. The molecule has 31 heavy (non-hydrogen) atoms. The predicted molar refractivity (Wildman–Crippen MR) is 116 cm³/mol. The van der Waals surface area contributed by atoms with E-state index in [0.29, 0.717) is 5.56 Å². The molecule has 8 nitrogen and oxygen atoms in total. The summed E-state index contributed by atoms with van der Waals surface area (Å²) in [6.07, 6.45) is 3.40. The van der Waals surface area contributed by atoms with Crippen molar-refractivity contribution >= 4 is 28.6 Å². The lowest BCUT2D eigenvalue weighted by Crippen LogP contribution is -2.59. The molecule has 0 radical (unpaired) electrons. The van der Waals surface area contributed by atoms with Crippen LogP contribution in [0.25, 0.3) is 11.9 Å². The lowest BCUT2D eigenvalue weighted by atomic mass is 9.80. The molecule has 4 N–H and O–H groups in total. The van der Waals surface area contributed by atoms with Gasteiger partial charge >= 0.3 is 0 Å². The van der Waals surface area contributed by atoms with Crippen molar-refractivity contribution in [3.05, 3.63) is 58.9 Å². The van der Waals surface area contributed by atoms with Crippen LogP contribution < -0.4 is 5.73 Å². The topological polar surface area (TPSA) is 132 Å². The molecule has 1 atom stereocenters. The summed E-state index contributed by atoms with van der Waals surface area (Å²) in [6.45, 7) is 4.67. The van der Waals surface area contributed by atoms with E-state index in [1.807, 2.05) is 0 Å². The fraction of sp³-hybridized carbons (Fsp3) is 0.300. The van der Waals surface area contributed by atoms with Crippen molar-refractivity contribution in [3.8, 4) is 6.07 Å². The molecule has 1 aliphatic heterocycles. The number of nitriles is 1. The van der Waals surface area contributed by atoms with Gasteiger partial charge in [0.2, 0.25) is 5.96 Å². The van der Waals surface area contributed by atoms with Crippen molar-refractivity contribution in [2.45, 2.75) is 31.1 Å². The van der Waals surface area contributed by atoms with Crippen molar-refractivity contribution in [1.82, 2.24) is 14.3 Å². The van der Waals surface area contributed by atoms with E-state index in [1.54, 1.807) is 26.8 Å². The van der Waals surface area contributed by atoms with E-state index < -0.39 is 32.7 Å². The summed E-state index contributed by atoms with van der Waals surface area (Å²) in [5.41, 5.74) is 4.72. The van der Waals surface area contributed by atoms with Gasteiger partial charge in [0, 0.05) is 12.6 Å². The molecule has 11 heteroatoms. The summed E-state index contributed by atoms with van der Waals surface area (Å²) in [5.74, 6) is -1.54. The minimum Gasteiger partial charge on any atom is -0.369 e. The Morgan fingerprint density at radius 1 is 1.26 bits per heavy atom. The van der Waals surface area contributed by atoms with E-state index in [2.05, 4.69) is 15.0 Å². The third kappa shape index (κ3) is 3.52. The first-order valence-corrected chi connectivity index (χ1v) is 10.6. The normalized spacial score (nSPS) is 23.6. The van der Waals surface area contributed by atoms with Crippen LogP contribution in [-0.2, 0) is 5.54 Å². The van der Waals surface area contributed by atoms with Gasteiger partial charge in [0.1, 0.15) is 27.9 Å². The Labute approximate surface area is 180 Å². The number of guanidine groups is 1. The summed E-state index contributed by atoms with van der Waals surface area (Å²) in [7, 11) is -2.07. The molecule has 0 amide bonds. The summed E-state index contributed by atoms with van der Waals surface area (Å²) >= 11 is 0. The number of halogens is 2. The zero-order chi connectivity index (χ0) is 23.2. The number of aromatic nitrogens is 2. The maximum atomic E-state index is 14.9. The molecular formula is C20H22F2N6O2S. The van der Waals surface area contributed by atoms with Crippen molar-refractivity contribution in [2.75, 3.05) is 7.05 Å². The van der Waals surface area contributed by atoms with E-state index in [4.69, 9.17) is 11.0 Å². The lowest BCUT2D eigenvalue weighted by Gasteiger charge is -2.60. The first-order chi connectivity index (χ1) is 14.3. The molecule has 2 aromatic rings. The summed E-state index contributed by atoms with van der Waals surface area (Å²) in [4.78, 5) is 12.0. The molecule has 0 saturated carbocycles. The third-order valence-corrected chi connectivity index (χ3v) is 8.44. The van der Waals surface area contributed by atoms with Gasteiger partial charge in [-0.1, -0.05) is 6.07 Å². The van der Waals surface area contributed by atoms with Gasteiger partial charge in [-0.25, -0.2) is 28.0 Å². The molecule has 3 rings (SSSR count). The standard InChI is InChI=1S/C20H22F2N6O2S/c1-19(2)20(3,27-18(24)28(4)31(19,29)30)14-7-12(5-6-15(14)21)8-16(22)17-11-25-13(9-23)10-26-17/h5-8,10-11,29-30H,1-4H3,(H2,24,27). The molecule has 0 spiro atoms. The average molecular weight is 448 g/mol. The van der Waals surface area contributed by atoms with Gasteiger partial charge in [-0.05, 0) is 44.5 Å². The second-order valence-electron chi connectivity index (χ2n) is 7.70. The van der Waals surface area contributed by atoms with E-state index in [1.165, 1.54) is 19.2 Å². The monoisotopic (exact) mass is 448 g/mol. The Hall–Kier alpha value is -3.07. The van der Waals surface area contributed by atoms with Crippen molar-refractivity contribution in [2.24, 2.45) is 10.7 Å². The molecule has 1 aromatic heterocycles. The Morgan fingerprint density at radius 3 is 2.52 bits per heavy atom. The van der Waals surface area contributed by atoms with Crippen LogP contribution in [0.3, 0.4) is 0 Å². The molecule has 1 aromatic carbocycles. The molecule has 1 aliphatic rings. The molecule has 0 saturated heterocycles. The zero-order valence-corrected chi connectivity index (χ0v) is 18.2. The first kappa shape index (κ1) is 22.6. The largest absolute Gasteiger partial charge is 0.369 e. The van der Waals surface area contributed by atoms with Crippen LogP contribution in [0.15, 0.2) is 35.6 Å². The summed E-state index contributed by atoms with van der Waals surface area (Å²) < 4.78 is 50.9. The summed E-state index contributed by atoms with van der Waals surface area (Å²) in [5, 5.41) is 8.77. The number of hydrogen-bond acceptors (Lipinski definition) is 8. The van der Waals surface area contributed by atoms with E-state index in [-0.39, 0.29) is 22.9 Å². The van der Waals surface area contributed by atoms with Crippen LogP contribution in [0.1, 0.15) is 43.3 Å². The van der Waals surface area contributed by atoms with Crippen molar-refractivity contribution in [3.63, 3.8) is 0 Å². The average Bonchev–Trinajstić information content (AvgIpc) is 2.73. The van der Waals surface area contributed by atoms with E-state index in [9.17, 15) is 17.9 Å². The highest BCUT2D eigenvalue weighted by Gasteiger charge is 2.57. The molecule has 164 valence electrons. The number of hydrogen-bond donors (Lipinski definition) is 3. The van der Waals surface area contributed by atoms with Gasteiger partial charge in [0.05, 0.1) is 12.4 Å². The van der Waals surface area contributed by atoms with Crippen molar-refractivity contribution in [1.29, 1.82) is 5.26 Å². The van der Waals surface area contributed by atoms with Gasteiger partial charge in [0.25, 0.3) is 0 Å². The van der Waals surface area contributed by atoms with Crippen LogP contribution in [-0.4, -0.2) is 41.1 Å². The Bertz CT molecular complexity index is 1130. The summed E-state index contributed by atoms with van der Waals surface area (Å²) in [6, 6.07) is 5.69. The molecular weight excluding hydrogens is 426 g/mol. The first-order valence-electron chi connectivity index (χ1n) is 9.12. The molecule has 2 heterocycles. The zero-order valence-electron chi connectivity index (χ0n) is 17.3. The van der Waals surface area contributed by atoms with Crippen LogP contribution in [0.2, 0.25) is 0 Å². The lowest BCUT2D eigenvalue weighted by molar-refractivity contribution is 0.287. The van der Waals surface area contributed by atoms with Gasteiger partial charge in [-0.2, -0.15) is 5.26 Å². The van der Waals surface area contributed by atoms with Gasteiger partial charge in [-0.3, -0.25) is 9.11 Å². The highest BCUT2D eigenvalue weighted by atomic mass is 32.3. The number of aliphatic imine (C=N–C) groups is 1. The third-order valence-electron chi connectivity index (χ3n) is 5.72. The Kier molecular flexibility index (Phi) is 5.52. The number of nitrogens with two attached hydrogens (primary N) is 1. The number of nitrogens with zero attached hydrogens (tertiary/aromatic N) is 5. The van der Waals surface area contributed by atoms with E-state index >= 15 is 0 Å². The fourth-order valence-electron chi connectivity index (χ4n) is 3.29. The smallest absolute Gasteiger partial charge is 0.210 e. The van der Waals surface area contributed by atoms with Crippen LogP contribution in [0, 0.1) is 17.1 Å². The maximum Gasteiger partial charge on any atom is 0.210 e. The minimum atomic E-state index is -3.47. The van der Waals surface area contributed by atoms with E-state index in [0.717, 1.165) is 28.8 Å². The van der Waals surface area contributed by atoms with Gasteiger partial charge in [-0.15, -0.1) is 10.8 Å². The highest BCUT2D eigenvalue weighted by molar-refractivity contribution is 8.23. The molecule has 0 aliphatic carbocycles. The van der Waals surface area contributed by atoms with Crippen LogP contribution in [0.4, 0.5) is 8.78 Å². The molecule has 0 fully saturated rings. The van der Waals surface area contributed by atoms with Crippen molar-refractivity contribution < 1.29 is 17.9 Å². The quantitative estimate of drug-likeness (QED) is 0.649. The number of rotatable bonds is 3. The fourth-order valence-corrected chi connectivity index (χ4v) is 4.97. The highest BCUT2D eigenvalue weighted by Crippen LogP contribution is 2.64. The van der Waals surface area contributed by atoms with Crippen LogP contribution >= 0.6 is 10.8 Å². The van der Waals surface area contributed by atoms with Gasteiger partial charge < -0.3 is 5.73 Å². The maximum absolute atomic E-state index is 14.9. The Morgan fingerprint density at radius 2 is 1.94 bits per heavy atom. The number of benzene rings is 1.